The Morgan fingerprint density at radius 2 is 2.13 bits per heavy atom. The number of halogens is 3. The molecule has 0 unspecified atom stereocenters. The molecule has 1 aromatic carbocycles. The lowest BCUT2D eigenvalue weighted by molar-refractivity contribution is -0.0544. The van der Waals surface area contributed by atoms with E-state index in [0.29, 0.717) is 16.8 Å². The second kappa shape index (κ2) is 5.85. The lowest BCUT2D eigenvalue weighted by Gasteiger charge is -2.08. The third-order valence-electron chi connectivity index (χ3n) is 3.36. The zero-order chi connectivity index (χ0) is 16.6. The third kappa shape index (κ3) is 2.70. The van der Waals surface area contributed by atoms with Gasteiger partial charge >= 0.3 is 6.09 Å². The molecule has 1 amide bonds. The first kappa shape index (κ1) is 15.2. The van der Waals surface area contributed by atoms with Crippen LogP contribution in [0.2, 0.25) is 5.15 Å². The standard InChI is InChI=1S/C15H10ClF2N3O2/c1-8-3-2-4-10(17)12(8)9-5-6-11-19-14(20-15(22)23-18)13(16)21(11)7-9/h2-7H,1H3,(H,20,22). The molecule has 0 aliphatic rings. The molecule has 118 valence electrons. The molecule has 0 spiro atoms. The molecule has 0 bridgehead atoms. The van der Waals surface area contributed by atoms with Crippen LogP contribution in [0.1, 0.15) is 5.56 Å². The molecular weight excluding hydrogens is 328 g/mol. The van der Waals surface area contributed by atoms with E-state index in [2.05, 4.69) is 15.2 Å². The smallest absolute Gasteiger partial charge is 0.288 e. The van der Waals surface area contributed by atoms with E-state index >= 15 is 0 Å². The Hall–Kier alpha value is -2.67. The van der Waals surface area contributed by atoms with Crippen LogP contribution in [0.3, 0.4) is 0 Å². The number of aryl methyl sites for hydroxylation is 1. The Bertz CT molecular complexity index is 891. The minimum atomic E-state index is -1.33. The van der Waals surface area contributed by atoms with E-state index in [1.54, 1.807) is 37.4 Å². The summed E-state index contributed by atoms with van der Waals surface area (Å²) in [6.07, 6.45) is 0.252. The van der Waals surface area contributed by atoms with Crippen molar-refractivity contribution in [1.29, 1.82) is 0 Å². The fourth-order valence-electron chi connectivity index (χ4n) is 2.36. The number of nitrogens with one attached hydrogen (secondary N) is 1. The molecule has 1 N–H and O–H groups in total. The first-order chi connectivity index (χ1) is 11.0. The number of fused-ring (bicyclic) bond motifs is 1. The molecule has 0 saturated heterocycles. The van der Waals surface area contributed by atoms with Gasteiger partial charge in [0.05, 0.1) is 0 Å². The summed E-state index contributed by atoms with van der Waals surface area (Å²) in [5.41, 5.74) is 2.20. The predicted molar refractivity (Wildman–Crippen MR) is 81.5 cm³/mol. The van der Waals surface area contributed by atoms with E-state index in [0.717, 1.165) is 5.56 Å². The molecule has 0 aliphatic carbocycles. The molecule has 5 nitrogen and oxygen atoms in total. The minimum Gasteiger partial charge on any atom is -0.288 e. The van der Waals surface area contributed by atoms with E-state index in [1.807, 2.05) is 0 Å². The van der Waals surface area contributed by atoms with Gasteiger partial charge in [-0.1, -0.05) is 23.7 Å². The van der Waals surface area contributed by atoms with E-state index in [-0.39, 0.29) is 16.8 Å². The Morgan fingerprint density at radius 3 is 2.83 bits per heavy atom. The topological polar surface area (TPSA) is 55.6 Å². The normalized spacial score (nSPS) is 10.8. The molecule has 8 heteroatoms. The molecule has 0 fully saturated rings. The van der Waals surface area contributed by atoms with Crippen molar-refractivity contribution in [2.24, 2.45) is 0 Å². The highest BCUT2D eigenvalue weighted by atomic mass is 35.5. The van der Waals surface area contributed by atoms with Crippen LogP contribution in [-0.2, 0) is 4.94 Å². The second-order valence-electron chi connectivity index (χ2n) is 4.82. The first-order valence-corrected chi connectivity index (χ1v) is 6.91. The number of rotatable bonds is 2. The number of hydrogen-bond donors (Lipinski definition) is 1. The van der Waals surface area contributed by atoms with Crippen molar-refractivity contribution in [3.63, 3.8) is 0 Å². The highest BCUT2D eigenvalue weighted by Gasteiger charge is 2.16. The zero-order valence-corrected chi connectivity index (χ0v) is 12.6. The van der Waals surface area contributed by atoms with Crippen LogP contribution < -0.4 is 5.32 Å². The van der Waals surface area contributed by atoms with Crippen molar-refractivity contribution < 1.29 is 18.7 Å². The summed E-state index contributed by atoms with van der Waals surface area (Å²) >= 11 is 6.11. The van der Waals surface area contributed by atoms with Gasteiger partial charge in [-0.2, -0.15) is 0 Å². The van der Waals surface area contributed by atoms with Crippen LogP contribution in [0, 0.1) is 12.7 Å². The molecule has 23 heavy (non-hydrogen) atoms. The van der Waals surface area contributed by atoms with Crippen LogP contribution in [0.5, 0.6) is 0 Å². The summed E-state index contributed by atoms with van der Waals surface area (Å²) < 4.78 is 27.3. The Balaban J connectivity index is 2.12. The SMILES string of the molecule is Cc1cccc(F)c1-c1ccc2nc(NC(=O)OF)c(Cl)n2c1. The van der Waals surface area contributed by atoms with E-state index in [9.17, 15) is 13.7 Å². The maximum absolute atomic E-state index is 14.1. The van der Waals surface area contributed by atoms with Gasteiger partial charge in [-0.15, -0.1) is 0 Å². The van der Waals surface area contributed by atoms with Gasteiger partial charge < -0.3 is 0 Å². The van der Waals surface area contributed by atoms with Gasteiger partial charge in [0.2, 0.25) is 0 Å². The van der Waals surface area contributed by atoms with Gasteiger partial charge in [0.1, 0.15) is 11.5 Å². The number of aromatic nitrogens is 2. The number of pyridine rings is 1. The molecule has 0 radical (unpaired) electrons. The van der Waals surface area contributed by atoms with E-state index < -0.39 is 6.09 Å². The van der Waals surface area contributed by atoms with E-state index in [1.165, 1.54) is 10.5 Å². The molecule has 2 heterocycles. The molecule has 3 aromatic rings. The van der Waals surface area contributed by atoms with Gasteiger partial charge in [-0.3, -0.25) is 9.72 Å². The molecule has 0 saturated carbocycles. The van der Waals surface area contributed by atoms with Crippen molar-refractivity contribution in [3.05, 3.63) is 53.1 Å². The summed E-state index contributed by atoms with van der Waals surface area (Å²) in [7, 11) is 0. The average molecular weight is 338 g/mol. The largest absolute Gasteiger partial charge is 0.450 e. The van der Waals surface area contributed by atoms with Gasteiger partial charge in [0.15, 0.2) is 11.0 Å². The number of carbonyl (C=O) groups excluding carboxylic acids is 1. The van der Waals surface area contributed by atoms with Crippen molar-refractivity contribution in [1.82, 2.24) is 9.38 Å². The van der Waals surface area contributed by atoms with Gasteiger partial charge in [0, 0.05) is 21.8 Å². The first-order valence-electron chi connectivity index (χ1n) is 6.54. The van der Waals surface area contributed by atoms with Crippen LogP contribution in [0.25, 0.3) is 16.8 Å². The lowest BCUT2D eigenvalue weighted by Crippen LogP contribution is -2.09. The highest BCUT2D eigenvalue weighted by Crippen LogP contribution is 2.30. The molecule has 3 rings (SSSR count). The molecular formula is C15H10ClF2N3O2. The molecule has 0 atom stereocenters. The quantitative estimate of drug-likeness (QED) is 0.747. The predicted octanol–water partition coefficient (Wildman–Crippen LogP) is 4.54. The monoisotopic (exact) mass is 337 g/mol. The van der Waals surface area contributed by atoms with Crippen molar-refractivity contribution >= 4 is 29.2 Å². The van der Waals surface area contributed by atoms with Crippen LogP contribution in [-0.4, -0.2) is 15.5 Å². The number of imidazole rings is 1. The number of hydrogen-bond acceptors (Lipinski definition) is 3. The fourth-order valence-corrected chi connectivity index (χ4v) is 2.58. The Kier molecular flexibility index (Phi) is 3.87. The summed E-state index contributed by atoms with van der Waals surface area (Å²) in [5.74, 6) is -0.420. The zero-order valence-electron chi connectivity index (χ0n) is 11.8. The summed E-state index contributed by atoms with van der Waals surface area (Å²) in [4.78, 5) is 18.0. The fraction of sp³-hybridized carbons (Fsp3) is 0.0667. The number of benzene rings is 1. The third-order valence-corrected chi connectivity index (χ3v) is 3.72. The van der Waals surface area contributed by atoms with Gasteiger partial charge in [0.25, 0.3) is 0 Å². The summed E-state index contributed by atoms with van der Waals surface area (Å²) in [6, 6.07) is 8.08. The average Bonchev–Trinajstić information content (AvgIpc) is 2.83. The number of amides is 1. The van der Waals surface area contributed by atoms with Crippen molar-refractivity contribution in [2.75, 3.05) is 5.32 Å². The number of carbonyl (C=O) groups is 1. The maximum Gasteiger partial charge on any atom is 0.450 e. The second-order valence-corrected chi connectivity index (χ2v) is 5.18. The maximum atomic E-state index is 14.1. The van der Waals surface area contributed by atoms with Crippen molar-refractivity contribution in [3.8, 4) is 11.1 Å². The Morgan fingerprint density at radius 1 is 1.35 bits per heavy atom. The van der Waals surface area contributed by atoms with Crippen molar-refractivity contribution in [2.45, 2.75) is 6.92 Å². The number of anilines is 1. The molecule has 2 aromatic heterocycles. The van der Waals surface area contributed by atoms with Crippen LogP contribution >= 0.6 is 11.6 Å². The van der Waals surface area contributed by atoms with E-state index in [4.69, 9.17) is 11.6 Å². The number of nitrogens with zero attached hydrogens (tertiary/aromatic N) is 2. The lowest BCUT2D eigenvalue weighted by atomic mass is 10.0. The van der Waals surface area contributed by atoms with Gasteiger partial charge in [-0.05, 0) is 30.7 Å². The highest BCUT2D eigenvalue weighted by molar-refractivity contribution is 6.32. The summed E-state index contributed by atoms with van der Waals surface area (Å²) in [5, 5.41) is 2.10. The molecule has 0 aliphatic heterocycles. The van der Waals surface area contributed by atoms with Crippen LogP contribution in [0.15, 0.2) is 36.5 Å². The van der Waals surface area contributed by atoms with Crippen LogP contribution in [0.4, 0.5) is 19.5 Å². The Labute approximate surface area is 134 Å². The minimum absolute atomic E-state index is 0.0428. The van der Waals surface area contributed by atoms with Gasteiger partial charge in [-0.25, -0.2) is 19.1 Å². The summed E-state index contributed by atoms with van der Waals surface area (Å²) in [6.45, 7) is 1.79.